The molecule has 5 heteroatoms. The van der Waals surface area contributed by atoms with Gasteiger partial charge in [0.05, 0.1) is 11.2 Å². The first-order chi connectivity index (χ1) is 10.0. The Labute approximate surface area is 132 Å². The highest BCUT2D eigenvalue weighted by Gasteiger charge is 2.53. The first kappa shape index (κ1) is 15.6. The lowest BCUT2D eigenvalue weighted by Crippen LogP contribution is -2.42. The Balaban J connectivity index is 2.06. The summed E-state index contributed by atoms with van der Waals surface area (Å²) in [5.74, 6) is 0.0430. The van der Waals surface area contributed by atoms with E-state index in [1.165, 1.54) is 0 Å². The van der Waals surface area contributed by atoms with E-state index < -0.39 is 18.3 Å². The zero-order valence-corrected chi connectivity index (χ0v) is 14.2. The zero-order valence-electron chi connectivity index (χ0n) is 14.2. The molecule has 22 heavy (non-hydrogen) atoms. The fourth-order valence-electron chi connectivity index (χ4n) is 3.12. The van der Waals surface area contributed by atoms with Crippen LogP contribution >= 0.6 is 0 Å². The summed E-state index contributed by atoms with van der Waals surface area (Å²) in [6.45, 7) is 12.3. The average Bonchev–Trinajstić information content (AvgIpc) is 2.56. The van der Waals surface area contributed by atoms with Gasteiger partial charge in [-0.25, -0.2) is 0 Å². The van der Waals surface area contributed by atoms with Crippen LogP contribution in [-0.4, -0.2) is 24.2 Å². The summed E-state index contributed by atoms with van der Waals surface area (Å²) < 4.78 is 12.3. The molecule has 2 aliphatic heterocycles. The predicted molar refractivity (Wildman–Crippen MR) is 88.4 cm³/mol. The van der Waals surface area contributed by atoms with Crippen molar-refractivity contribution in [2.24, 2.45) is 0 Å². The zero-order chi connectivity index (χ0) is 16.3. The maximum atomic E-state index is 12.1. The number of amides is 1. The summed E-state index contributed by atoms with van der Waals surface area (Å²) in [5, 5.41) is 3.02. The second-order valence-electron chi connectivity index (χ2n) is 7.97. The van der Waals surface area contributed by atoms with E-state index in [1.54, 1.807) is 0 Å². The Kier molecular flexibility index (Phi) is 3.25. The molecule has 1 fully saturated rings. The molecular formula is C17H24BNO3. The molecule has 4 nitrogen and oxygen atoms in total. The van der Waals surface area contributed by atoms with Gasteiger partial charge in [-0.2, -0.15) is 0 Å². The molecule has 1 aromatic rings. The average molecular weight is 301 g/mol. The summed E-state index contributed by atoms with van der Waals surface area (Å²) in [4.78, 5) is 12.1. The third-order valence-electron chi connectivity index (χ3n) is 5.20. The van der Waals surface area contributed by atoms with Crippen LogP contribution in [0.1, 0.15) is 53.5 Å². The highest BCUT2D eigenvalue weighted by molar-refractivity contribution is 6.64. The van der Waals surface area contributed by atoms with Crippen LogP contribution in [0.15, 0.2) is 18.2 Å². The van der Waals surface area contributed by atoms with Crippen LogP contribution in [0.2, 0.25) is 0 Å². The van der Waals surface area contributed by atoms with Crippen LogP contribution in [0, 0.1) is 0 Å². The van der Waals surface area contributed by atoms with Crippen LogP contribution in [0.4, 0.5) is 5.69 Å². The molecule has 0 spiro atoms. The molecule has 0 unspecified atom stereocenters. The standard InChI is InChI=1S/C17H24BNO3/c1-15(2)10-13(20)19-14-11(15)8-7-9-12(14)18-21-16(3,4)17(5,6)22-18/h7-9H,10H2,1-6H3,(H,19,20). The molecule has 118 valence electrons. The smallest absolute Gasteiger partial charge is 0.399 e. The van der Waals surface area contributed by atoms with E-state index in [0.29, 0.717) is 6.42 Å². The van der Waals surface area contributed by atoms with Crippen LogP contribution in [-0.2, 0) is 19.5 Å². The third-order valence-corrected chi connectivity index (χ3v) is 5.20. The molecule has 0 atom stereocenters. The molecule has 0 saturated carbocycles. The van der Waals surface area contributed by atoms with Crippen LogP contribution in [0.25, 0.3) is 0 Å². The number of anilines is 1. The maximum Gasteiger partial charge on any atom is 0.496 e. The van der Waals surface area contributed by atoms with E-state index >= 15 is 0 Å². The fraction of sp³-hybridized carbons (Fsp3) is 0.588. The van der Waals surface area contributed by atoms with Crippen LogP contribution in [0.5, 0.6) is 0 Å². The van der Waals surface area contributed by atoms with Gasteiger partial charge in [0.1, 0.15) is 0 Å². The van der Waals surface area contributed by atoms with Gasteiger partial charge in [0, 0.05) is 23.0 Å². The molecule has 0 aromatic heterocycles. The van der Waals surface area contributed by atoms with Crippen molar-refractivity contribution in [3.05, 3.63) is 23.8 Å². The number of carbonyl (C=O) groups is 1. The Hall–Kier alpha value is -1.33. The largest absolute Gasteiger partial charge is 0.496 e. The van der Waals surface area contributed by atoms with Gasteiger partial charge in [0.25, 0.3) is 0 Å². The molecule has 0 bridgehead atoms. The molecule has 2 heterocycles. The molecule has 1 aromatic carbocycles. The van der Waals surface area contributed by atoms with E-state index in [2.05, 4.69) is 25.2 Å². The lowest BCUT2D eigenvalue weighted by atomic mass is 9.70. The molecule has 2 aliphatic rings. The SMILES string of the molecule is CC1(C)CC(=O)Nc2c(B3OC(C)(C)C(C)(C)O3)cccc21. The van der Waals surface area contributed by atoms with Crippen molar-refractivity contribution >= 4 is 24.2 Å². The summed E-state index contributed by atoms with van der Waals surface area (Å²) in [7, 11) is -0.464. The molecule has 1 saturated heterocycles. The summed E-state index contributed by atoms with van der Waals surface area (Å²) in [6.07, 6.45) is 0.493. The van der Waals surface area contributed by atoms with E-state index in [4.69, 9.17) is 9.31 Å². The van der Waals surface area contributed by atoms with Gasteiger partial charge in [-0.3, -0.25) is 4.79 Å². The molecule has 3 rings (SSSR count). The summed E-state index contributed by atoms with van der Waals surface area (Å²) in [6, 6.07) is 6.06. The second-order valence-corrected chi connectivity index (χ2v) is 7.97. The van der Waals surface area contributed by atoms with Crippen molar-refractivity contribution in [3.63, 3.8) is 0 Å². The lowest BCUT2D eigenvalue weighted by Gasteiger charge is -2.33. The lowest BCUT2D eigenvalue weighted by molar-refractivity contribution is -0.117. The van der Waals surface area contributed by atoms with Gasteiger partial charge >= 0.3 is 7.12 Å². The van der Waals surface area contributed by atoms with Crippen LogP contribution in [0.3, 0.4) is 0 Å². The number of hydrogen-bond acceptors (Lipinski definition) is 3. The Morgan fingerprint density at radius 1 is 1.05 bits per heavy atom. The highest BCUT2D eigenvalue weighted by atomic mass is 16.7. The van der Waals surface area contributed by atoms with Crippen molar-refractivity contribution in [1.29, 1.82) is 0 Å². The van der Waals surface area contributed by atoms with Crippen molar-refractivity contribution in [1.82, 2.24) is 0 Å². The van der Waals surface area contributed by atoms with Gasteiger partial charge in [0.15, 0.2) is 0 Å². The van der Waals surface area contributed by atoms with E-state index in [1.807, 2.05) is 39.8 Å². The Morgan fingerprint density at radius 2 is 1.64 bits per heavy atom. The predicted octanol–water partition coefficient (Wildman–Crippen LogP) is 2.61. The Bertz CT molecular complexity index is 621. The first-order valence-electron chi connectivity index (χ1n) is 7.82. The van der Waals surface area contributed by atoms with E-state index in [0.717, 1.165) is 16.7 Å². The van der Waals surface area contributed by atoms with Crippen LogP contribution < -0.4 is 10.8 Å². The topological polar surface area (TPSA) is 47.6 Å². The van der Waals surface area contributed by atoms with E-state index in [-0.39, 0.29) is 11.3 Å². The highest BCUT2D eigenvalue weighted by Crippen LogP contribution is 2.40. The van der Waals surface area contributed by atoms with Gasteiger partial charge in [0.2, 0.25) is 5.91 Å². The van der Waals surface area contributed by atoms with E-state index in [9.17, 15) is 4.79 Å². The first-order valence-corrected chi connectivity index (χ1v) is 7.82. The van der Waals surface area contributed by atoms with Crippen molar-refractivity contribution in [2.75, 3.05) is 5.32 Å². The van der Waals surface area contributed by atoms with Gasteiger partial charge in [-0.15, -0.1) is 0 Å². The van der Waals surface area contributed by atoms with Gasteiger partial charge < -0.3 is 14.6 Å². The number of rotatable bonds is 1. The molecule has 1 N–H and O–H groups in total. The minimum absolute atomic E-state index is 0.0430. The van der Waals surface area contributed by atoms with Crippen molar-refractivity contribution in [3.8, 4) is 0 Å². The molecule has 0 aliphatic carbocycles. The molecule has 0 radical (unpaired) electrons. The van der Waals surface area contributed by atoms with Gasteiger partial charge in [-0.1, -0.05) is 32.0 Å². The Morgan fingerprint density at radius 3 is 2.23 bits per heavy atom. The molecule has 1 amide bonds. The number of fused-ring (bicyclic) bond motifs is 1. The summed E-state index contributed by atoms with van der Waals surface area (Å²) >= 11 is 0. The number of hydrogen-bond donors (Lipinski definition) is 1. The fourth-order valence-corrected chi connectivity index (χ4v) is 3.12. The minimum atomic E-state index is -0.464. The number of carbonyl (C=O) groups excluding carboxylic acids is 1. The minimum Gasteiger partial charge on any atom is -0.399 e. The number of nitrogens with one attached hydrogen (secondary N) is 1. The normalized spacial score (nSPS) is 24.8. The van der Waals surface area contributed by atoms with Gasteiger partial charge in [-0.05, 0) is 33.3 Å². The maximum absolute atomic E-state index is 12.1. The quantitative estimate of drug-likeness (QED) is 0.811. The monoisotopic (exact) mass is 301 g/mol. The second kappa shape index (κ2) is 4.59. The number of para-hydroxylation sites is 1. The van der Waals surface area contributed by atoms with Crippen molar-refractivity contribution in [2.45, 2.75) is 64.6 Å². The van der Waals surface area contributed by atoms with Crippen molar-refractivity contribution < 1.29 is 14.1 Å². The number of benzene rings is 1. The third kappa shape index (κ3) is 2.27. The molecular weight excluding hydrogens is 277 g/mol. The summed E-state index contributed by atoms with van der Waals surface area (Å²) in [5.41, 5.74) is 1.92.